The Balaban J connectivity index is 2.04. The maximum atomic E-state index is 11.9. The number of aromatic amines is 1. The molecule has 0 radical (unpaired) electrons. The van der Waals surface area contributed by atoms with Gasteiger partial charge in [-0.1, -0.05) is 6.07 Å². The van der Waals surface area contributed by atoms with E-state index in [-0.39, 0.29) is 18.3 Å². The van der Waals surface area contributed by atoms with Crippen molar-refractivity contribution in [3.8, 4) is 11.5 Å². The molecule has 7 nitrogen and oxygen atoms in total. The van der Waals surface area contributed by atoms with Crippen LogP contribution in [0.4, 0.5) is 5.95 Å². The van der Waals surface area contributed by atoms with Gasteiger partial charge in [0.15, 0.2) is 11.5 Å². The molecule has 1 amide bonds. The van der Waals surface area contributed by atoms with E-state index < -0.39 is 0 Å². The van der Waals surface area contributed by atoms with E-state index in [0.29, 0.717) is 17.3 Å². The zero-order chi connectivity index (χ0) is 14.5. The lowest BCUT2D eigenvalue weighted by Crippen LogP contribution is -2.15. The van der Waals surface area contributed by atoms with Gasteiger partial charge in [0, 0.05) is 0 Å². The number of aromatic nitrogens is 3. The van der Waals surface area contributed by atoms with Gasteiger partial charge in [-0.3, -0.25) is 15.2 Å². The SMILES string of the molecule is COc1ccc(CC(=O)Nc2n[nH]c(C)n2)cc1OC. The molecular weight excluding hydrogens is 260 g/mol. The molecule has 1 aromatic carbocycles. The van der Waals surface area contributed by atoms with Gasteiger partial charge >= 0.3 is 0 Å². The molecule has 106 valence electrons. The number of carbonyl (C=O) groups excluding carboxylic acids is 1. The maximum Gasteiger partial charge on any atom is 0.248 e. The Labute approximate surface area is 116 Å². The van der Waals surface area contributed by atoms with E-state index in [9.17, 15) is 4.79 Å². The Bertz CT molecular complexity index is 609. The minimum atomic E-state index is -0.198. The highest BCUT2D eigenvalue weighted by molar-refractivity contribution is 5.90. The van der Waals surface area contributed by atoms with Crippen molar-refractivity contribution in [1.82, 2.24) is 15.2 Å². The Morgan fingerprint density at radius 2 is 2.05 bits per heavy atom. The van der Waals surface area contributed by atoms with Crippen molar-refractivity contribution in [1.29, 1.82) is 0 Å². The number of anilines is 1. The fraction of sp³-hybridized carbons (Fsp3) is 0.308. The smallest absolute Gasteiger partial charge is 0.248 e. The number of benzene rings is 1. The number of aryl methyl sites for hydroxylation is 1. The molecule has 20 heavy (non-hydrogen) atoms. The molecule has 0 aliphatic heterocycles. The van der Waals surface area contributed by atoms with Crippen LogP contribution in [0.2, 0.25) is 0 Å². The van der Waals surface area contributed by atoms with Crippen molar-refractivity contribution in [2.75, 3.05) is 19.5 Å². The molecule has 0 unspecified atom stereocenters. The summed E-state index contributed by atoms with van der Waals surface area (Å²) >= 11 is 0. The molecule has 0 saturated carbocycles. The third-order valence-corrected chi connectivity index (χ3v) is 2.66. The molecule has 1 aromatic heterocycles. The van der Waals surface area contributed by atoms with Gasteiger partial charge in [0.1, 0.15) is 5.82 Å². The molecule has 0 spiro atoms. The van der Waals surface area contributed by atoms with Crippen LogP contribution < -0.4 is 14.8 Å². The number of nitrogens with one attached hydrogen (secondary N) is 2. The first-order chi connectivity index (χ1) is 9.62. The van der Waals surface area contributed by atoms with Gasteiger partial charge in [-0.05, 0) is 24.6 Å². The second-order valence-electron chi connectivity index (χ2n) is 4.16. The summed E-state index contributed by atoms with van der Waals surface area (Å²) in [5.74, 6) is 1.93. The number of rotatable bonds is 5. The predicted molar refractivity (Wildman–Crippen MR) is 73.0 cm³/mol. The number of H-pyrrole nitrogens is 1. The van der Waals surface area contributed by atoms with Crippen molar-refractivity contribution in [2.45, 2.75) is 13.3 Å². The number of hydrogen-bond acceptors (Lipinski definition) is 5. The summed E-state index contributed by atoms with van der Waals surface area (Å²) in [6.45, 7) is 1.76. The maximum absolute atomic E-state index is 11.9. The minimum Gasteiger partial charge on any atom is -0.493 e. The first-order valence-corrected chi connectivity index (χ1v) is 6.02. The molecular formula is C13H16N4O3. The van der Waals surface area contributed by atoms with E-state index in [1.54, 1.807) is 33.3 Å². The third-order valence-electron chi connectivity index (χ3n) is 2.66. The fourth-order valence-electron chi connectivity index (χ4n) is 1.74. The molecule has 0 saturated heterocycles. The topological polar surface area (TPSA) is 89.1 Å². The van der Waals surface area contributed by atoms with Crippen LogP contribution in [0.1, 0.15) is 11.4 Å². The summed E-state index contributed by atoms with van der Waals surface area (Å²) in [6.07, 6.45) is 0.202. The van der Waals surface area contributed by atoms with Crippen LogP contribution in [-0.4, -0.2) is 35.3 Å². The molecule has 0 aliphatic carbocycles. The number of hydrogen-bond donors (Lipinski definition) is 2. The van der Waals surface area contributed by atoms with Crippen molar-refractivity contribution in [3.63, 3.8) is 0 Å². The Morgan fingerprint density at radius 1 is 1.30 bits per heavy atom. The second kappa shape index (κ2) is 6.05. The zero-order valence-electron chi connectivity index (χ0n) is 11.6. The van der Waals surface area contributed by atoms with Crippen LogP contribution in [0.5, 0.6) is 11.5 Å². The largest absolute Gasteiger partial charge is 0.493 e. The normalized spacial score (nSPS) is 10.2. The van der Waals surface area contributed by atoms with Crippen LogP contribution in [-0.2, 0) is 11.2 Å². The van der Waals surface area contributed by atoms with E-state index in [1.165, 1.54) is 0 Å². The Kier molecular flexibility index (Phi) is 4.19. The fourth-order valence-corrected chi connectivity index (χ4v) is 1.74. The molecule has 0 aliphatic rings. The van der Waals surface area contributed by atoms with Crippen molar-refractivity contribution in [2.24, 2.45) is 0 Å². The van der Waals surface area contributed by atoms with Crippen LogP contribution in [0, 0.1) is 6.92 Å². The minimum absolute atomic E-state index is 0.198. The van der Waals surface area contributed by atoms with E-state index in [1.807, 2.05) is 6.07 Å². The molecule has 0 atom stereocenters. The summed E-state index contributed by atoms with van der Waals surface area (Å²) in [4.78, 5) is 15.9. The Hall–Kier alpha value is -2.57. The third kappa shape index (κ3) is 3.25. The highest BCUT2D eigenvalue weighted by Gasteiger charge is 2.10. The van der Waals surface area contributed by atoms with Gasteiger partial charge in [-0.2, -0.15) is 4.98 Å². The standard InChI is InChI=1S/C13H16N4O3/c1-8-14-13(17-16-8)15-12(18)7-9-4-5-10(19-2)11(6-9)20-3/h4-6H,7H2,1-3H3,(H2,14,15,16,17,18). The number of carbonyl (C=O) groups is 1. The lowest BCUT2D eigenvalue weighted by molar-refractivity contribution is -0.115. The first kappa shape index (κ1) is 13.9. The number of nitrogens with zero attached hydrogens (tertiary/aromatic N) is 2. The number of ether oxygens (including phenoxy) is 2. The average Bonchev–Trinajstić information content (AvgIpc) is 2.83. The van der Waals surface area contributed by atoms with Crippen LogP contribution in [0.3, 0.4) is 0 Å². The first-order valence-electron chi connectivity index (χ1n) is 6.02. The van der Waals surface area contributed by atoms with Gasteiger partial charge in [0.05, 0.1) is 20.6 Å². The average molecular weight is 276 g/mol. The lowest BCUT2D eigenvalue weighted by Gasteiger charge is -2.09. The molecule has 7 heteroatoms. The second-order valence-corrected chi connectivity index (χ2v) is 4.16. The number of methoxy groups -OCH3 is 2. The quantitative estimate of drug-likeness (QED) is 0.859. The van der Waals surface area contributed by atoms with Gasteiger partial charge in [0.25, 0.3) is 0 Å². The zero-order valence-corrected chi connectivity index (χ0v) is 11.6. The van der Waals surface area contributed by atoms with E-state index in [0.717, 1.165) is 5.56 Å². The lowest BCUT2D eigenvalue weighted by atomic mass is 10.1. The monoisotopic (exact) mass is 276 g/mol. The Morgan fingerprint density at radius 3 is 2.65 bits per heavy atom. The highest BCUT2D eigenvalue weighted by Crippen LogP contribution is 2.27. The summed E-state index contributed by atoms with van der Waals surface area (Å²) in [6, 6.07) is 5.34. The van der Waals surface area contributed by atoms with Crippen LogP contribution in [0.25, 0.3) is 0 Å². The molecule has 0 bridgehead atoms. The number of amides is 1. The highest BCUT2D eigenvalue weighted by atomic mass is 16.5. The molecule has 1 heterocycles. The molecule has 2 rings (SSSR count). The van der Waals surface area contributed by atoms with E-state index in [4.69, 9.17) is 9.47 Å². The molecule has 2 aromatic rings. The molecule has 0 fully saturated rings. The summed E-state index contributed by atoms with van der Waals surface area (Å²) < 4.78 is 10.3. The summed E-state index contributed by atoms with van der Waals surface area (Å²) in [7, 11) is 3.12. The van der Waals surface area contributed by atoms with Gasteiger partial charge < -0.3 is 9.47 Å². The predicted octanol–water partition coefficient (Wildman–Crippen LogP) is 1.31. The van der Waals surface area contributed by atoms with Gasteiger partial charge in [0.2, 0.25) is 11.9 Å². The van der Waals surface area contributed by atoms with Crippen molar-refractivity contribution < 1.29 is 14.3 Å². The van der Waals surface area contributed by atoms with Gasteiger partial charge in [-0.25, -0.2) is 0 Å². The van der Waals surface area contributed by atoms with Gasteiger partial charge in [-0.15, -0.1) is 5.10 Å². The van der Waals surface area contributed by atoms with Crippen molar-refractivity contribution in [3.05, 3.63) is 29.6 Å². The van der Waals surface area contributed by atoms with Crippen LogP contribution >= 0.6 is 0 Å². The summed E-state index contributed by atoms with van der Waals surface area (Å²) in [5, 5.41) is 9.12. The summed E-state index contributed by atoms with van der Waals surface area (Å²) in [5.41, 5.74) is 0.812. The van der Waals surface area contributed by atoms with E-state index in [2.05, 4.69) is 20.5 Å². The molecule has 2 N–H and O–H groups in total. The van der Waals surface area contributed by atoms with Crippen molar-refractivity contribution >= 4 is 11.9 Å². The van der Waals surface area contributed by atoms with Crippen LogP contribution in [0.15, 0.2) is 18.2 Å². The van der Waals surface area contributed by atoms with E-state index >= 15 is 0 Å².